The number of hydrogen-bond donors (Lipinski definition) is 0. The van der Waals surface area contributed by atoms with Crippen LogP contribution in [0.3, 0.4) is 0 Å². The molecular formula is C7H10BF. The number of rotatable bonds is 4. The highest BCUT2D eigenvalue weighted by Crippen LogP contribution is 2.05. The molecule has 0 aliphatic rings. The van der Waals surface area contributed by atoms with Gasteiger partial charge in [0.05, 0.1) is 14.2 Å². The van der Waals surface area contributed by atoms with Gasteiger partial charge in [0.25, 0.3) is 0 Å². The first-order valence-electron chi connectivity index (χ1n) is 2.93. The van der Waals surface area contributed by atoms with Crippen molar-refractivity contribution < 1.29 is 4.39 Å². The maximum atomic E-state index is 11.3. The summed E-state index contributed by atoms with van der Waals surface area (Å²) < 4.78 is 11.3. The topological polar surface area (TPSA) is 0 Å². The molecule has 0 N–H and O–H groups in total. The molecule has 0 amide bonds. The van der Waals surface area contributed by atoms with Crippen LogP contribution in [-0.2, 0) is 0 Å². The van der Waals surface area contributed by atoms with Crippen LogP contribution in [0.1, 0.15) is 12.8 Å². The molecule has 0 bridgehead atoms. The molecule has 0 saturated carbocycles. The molecular weight excluding hydrogens is 114 g/mol. The predicted octanol–water partition coefficient (Wildman–Crippen LogP) is 2.39. The van der Waals surface area contributed by atoms with E-state index in [1.54, 1.807) is 0 Å². The minimum Gasteiger partial charge on any atom is -0.216 e. The zero-order chi connectivity index (χ0) is 7.11. The Balaban J connectivity index is 3.17. The second-order valence-electron chi connectivity index (χ2n) is 1.85. The fraction of sp³-hybridized carbons (Fsp3) is 0.429. The third-order valence-electron chi connectivity index (χ3n) is 1.04. The molecule has 0 nitrogen and oxygen atoms in total. The van der Waals surface area contributed by atoms with Gasteiger partial charge in [-0.1, -0.05) is 18.0 Å². The average Bonchev–Trinajstić information content (AvgIpc) is 1.89. The van der Waals surface area contributed by atoms with E-state index in [1.807, 2.05) is 0 Å². The van der Waals surface area contributed by atoms with Crippen molar-refractivity contribution in [1.82, 2.24) is 0 Å². The third kappa shape index (κ3) is 5.34. The first-order valence-corrected chi connectivity index (χ1v) is 2.93. The van der Waals surface area contributed by atoms with Crippen LogP contribution < -0.4 is 0 Å². The molecule has 0 fully saturated rings. The van der Waals surface area contributed by atoms with Crippen LogP contribution in [-0.4, -0.2) is 7.85 Å². The predicted molar refractivity (Wildman–Crippen MR) is 39.2 cm³/mol. The molecule has 0 aliphatic carbocycles. The first kappa shape index (κ1) is 8.47. The summed E-state index contributed by atoms with van der Waals surface area (Å²) in [5, 5.41) is 0. The minimum atomic E-state index is 0.500. The Kier molecular flexibility index (Phi) is 5.28. The van der Waals surface area contributed by atoms with Crippen LogP contribution in [0.5, 0.6) is 0 Å². The summed E-state index contributed by atoms with van der Waals surface area (Å²) >= 11 is 0. The Bertz CT molecular complexity index is 107. The van der Waals surface area contributed by atoms with E-state index in [2.05, 4.69) is 6.58 Å². The smallest absolute Gasteiger partial charge is 0.0827 e. The molecule has 0 aromatic carbocycles. The molecule has 0 aromatic rings. The quantitative estimate of drug-likeness (QED) is 0.398. The normalized spacial score (nSPS) is 10.3. The van der Waals surface area contributed by atoms with Crippen molar-refractivity contribution in [3.05, 3.63) is 24.6 Å². The summed E-state index contributed by atoms with van der Waals surface area (Å²) in [5.74, 6) is 0. The van der Waals surface area contributed by atoms with Gasteiger partial charge in [-0.25, -0.2) is 4.39 Å². The van der Waals surface area contributed by atoms with Gasteiger partial charge in [0.2, 0.25) is 0 Å². The lowest BCUT2D eigenvalue weighted by molar-refractivity contribution is 0.712. The summed E-state index contributed by atoms with van der Waals surface area (Å²) in [6, 6.07) is 0. The van der Waals surface area contributed by atoms with Gasteiger partial charge in [0, 0.05) is 0 Å². The maximum absolute atomic E-state index is 11.3. The standard InChI is InChI=1S/C7H10BF/c1-7(6-8)4-2-3-5-9/h3,5H,1-2,4,6H2/b5-3-. The van der Waals surface area contributed by atoms with Crippen LogP contribution in [0.2, 0.25) is 6.32 Å². The van der Waals surface area contributed by atoms with Crippen LogP contribution in [0, 0.1) is 0 Å². The lowest BCUT2D eigenvalue weighted by Gasteiger charge is -1.95. The molecule has 9 heavy (non-hydrogen) atoms. The van der Waals surface area contributed by atoms with Crippen LogP contribution in [0.4, 0.5) is 4.39 Å². The maximum Gasteiger partial charge on any atom is 0.0827 e. The summed E-state index contributed by atoms with van der Waals surface area (Å²) in [4.78, 5) is 0. The second kappa shape index (κ2) is 5.61. The molecule has 0 rings (SSSR count). The van der Waals surface area contributed by atoms with Crippen molar-refractivity contribution in [2.75, 3.05) is 0 Å². The fourth-order valence-electron chi connectivity index (χ4n) is 0.453. The molecule has 48 valence electrons. The average molecular weight is 124 g/mol. The number of allylic oxidation sites excluding steroid dienone is 2. The Morgan fingerprint density at radius 3 is 2.78 bits per heavy atom. The van der Waals surface area contributed by atoms with Crippen LogP contribution >= 0.6 is 0 Å². The van der Waals surface area contributed by atoms with Gasteiger partial charge in [0.15, 0.2) is 0 Å². The van der Waals surface area contributed by atoms with Crippen LogP contribution in [0.25, 0.3) is 0 Å². The van der Waals surface area contributed by atoms with Gasteiger partial charge >= 0.3 is 0 Å². The molecule has 2 radical (unpaired) electrons. The van der Waals surface area contributed by atoms with Crippen molar-refractivity contribution in [3.8, 4) is 0 Å². The van der Waals surface area contributed by atoms with Gasteiger partial charge < -0.3 is 0 Å². The molecule has 0 aromatic heterocycles. The van der Waals surface area contributed by atoms with Gasteiger partial charge in [-0.3, -0.25) is 0 Å². The second-order valence-corrected chi connectivity index (χ2v) is 1.85. The highest BCUT2D eigenvalue weighted by molar-refractivity contribution is 6.10. The highest BCUT2D eigenvalue weighted by atomic mass is 19.1. The third-order valence-corrected chi connectivity index (χ3v) is 1.04. The van der Waals surface area contributed by atoms with E-state index in [0.717, 1.165) is 12.0 Å². The Hall–Kier alpha value is -0.525. The van der Waals surface area contributed by atoms with E-state index >= 15 is 0 Å². The Morgan fingerprint density at radius 2 is 2.33 bits per heavy atom. The van der Waals surface area contributed by atoms with Gasteiger partial charge in [-0.15, -0.1) is 6.58 Å². The molecule has 0 spiro atoms. The lowest BCUT2D eigenvalue weighted by Crippen LogP contribution is -1.77. The van der Waals surface area contributed by atoms with Crippen molar-refractivity contribution in [1.29, 1.82) is 0 Å². The Labute approximate surface area is 56.9 Å². The van der Waals surface area contributed by atoms with Gasteiger partial charge in [-0.2, -0.15) is 0 Å². The number of hydrogen-bond acceptors (Lipinski definition) is 0. The van der Waals surface area contributed by atoms with Gasteiger partial charge in [0.1, 0.15) is 0 Å². The van der Waals surface area contributed by atoms with Crippen molar-refractivity contribution in [2.45, 2.75) is 19.2 Å². The zero-order valence-electron chi connectivity index (χ0n) is 5.44. The summed E-state index contributed by atoms with van der Waals surface area (Å²) in [5.41, 5.74) is 0.966. The van der Waals surface area contributed by atoms with Gasteiger partial charge in [-0.05, 0) is 12.8 Å². The Morgan fingerprint density at radius 1 is 1.67 bits per heavy atom. The molecule has 0 aliphatic heterocycles. The summed E-state index contributed by atoms with van der Waals surface area (Å²) in [7, 11) is 5.24. The monoisotopic (exact) mass is 124 g/mol. The van der Waals surface area contributed by atoms with E-state index in [4.69, 9.17) is 7.85 Å². The largest absolute Gasteiger partial charge is 0.216 e. The molecule has 2 heteroatoms. The first-order chi connectivity index (χ1) is 4.31. The van der Waals surface area contributed by atoms with E-state index in [9.17, 15) is 4.39 Å². The van der Waals surface area contributed by atoms with Crippen molar-refractivity contribution >= 4 is 7.85 Å². The zero-order valence-corrected chi connectivity index (χ0v) is 5.44. The number of halogens is 1. The highest BCUT2D eigenvalue weighted by Gasteiger charge is 1.85. The van der Waals surface area contributed by atoms with E-state index in [1.165, 1.54) is 6.08 Å². The SMILES string of the molecule is [B]CC(=C)CC/C=C\F. The van der Waals surface area contributed by atoms with E-state index < -0.39 is 0 Å². The minimum absolute atomic E-state index is 0.500. The summed E-state index contributed by atoms with van der Waals surface area (Å²) in [6.45, 7) is 3.66. The van der Waals surface area contributed by atoms with E-state index in [-0.39, 0.29) is 0 Å². The molecule has 0 atom stereocenters. The molecule has 0 unspecified atom stereocenters. The van der Waals surface area contributed by atoms with Crippen molar-refractivity contribution in [2.24, 2.45) is 0 Å². The lowest BCUT2D eigenvalue weighted by atomic mass is 9.95. The summed E-state index contributed by atoms with van der Waals surface area (Å²) in [6.07, 6.45) is 3.99. The van der Waals surface area contributed by atoms with E-state index in [0.29, 0.717) is 19.1 Å². The van der Waals surface area contributed by atoms with Crippen LogP contribution in [0.15, 0.2) is 24.6 Å². The molecule has 0 heterocycles. The van der Waals surface area contributed by atoms with Crippen molar-refractivity contribution in [3.63, 3.8) is 0 Å². The fourth-order valence-corrected chi connectivity index (χ4v) is 0.453. The molecule has 0 saturated heterocycles.